The number of allylic oxidation sites excluding steroid dienone is 1. The average Bonchev–Trinajstić information content (AvgIpc) is 2.56. The Bertz CT molecular complexity index is 523. The van der Waals surface area contributed by atoms with Crippen LogP contribution in [0.5, 0.6) is 0 Å². The Labute approximate surface area is 136 Å². The summed E-state index contributed by atoms with van der Waals surface area (Å²) >= 11 is 0. The van der Waals surface area contributed by atoms with Crippen LogP contribution < -0.4 is 15.7 Å². The van der Waals surface area contributed by atoms with Crippen LogP contribution in [0.3, 0.4) is 0 Å². The fourth-order valence-electron chi connectivity index (χ4n) is 2.30. The highest BCUT2D eigenvalue weighted by Crippen LogP contribution is 2.30. The second-order valence-electron chi connectivity index (χ2n) is 5.74. The van der Waals surface area contributed by atoms with Gasteiger partial charge in [-0.15, -0.1) is 0 Å². The summed E-state index contributed by atoms with van der Waals surface area (Å²) in [6, 6.07) is 22.0. The summed E-state index contributed by atoms with van der Waals surface area (Å²) in [5.41, 5.74) is 0. The molecule has 0 bridgehead atoms. The van der Waals surface area contributed by atoms with E-state index in [0.29, 0.717) is 12.0 Å². The van der Waals surface area contributed by atoms with Crippen LogP contribution in [0.25, 0.3) is 0 Å². The molecule has 0 aliphatic carbocycles. The van der Waals surface area contributed by atoms with E-state index >= 15 is 0 Å². The van der Waals surface area contributed by atoms with Gasteiger partial charge in [0.1, 0.15) is 0 Å². The van der Waals surface area contributed by atoms with E-state index in [2.05, 4.69) is 98.7 Å². The second kappa shape index (κ2) is 8.88. The number of benzene rings is 2. The molecule has 1 atom stereocenters. The van der Waals surface area contributed by atoms with Crippen LogP contribution >= 0.6 is 8.07 Å². The van der Waals surface area contributed by atoms with E-state index in [-0.39, 0.29) is 0 Å². The molecule has 2 rings (SSSR count). The van der Waals surface area contributed by atoms with Crippen LogP contribution in [-0.2, 0) is 0 Å². The van der Waals surface area contributed by atoms with Crippen molar-refractivity contribution in [3.8, 4) is 0 Å². The summed E-state index contributed by atoms with van der Waals surface area (Å²) in [6.45, 7) is 6.74. The molecule has 0 spiro atoms. The minimum absolute atomic E-state index is 0.395. The summed E-state index contributed by atoms with van der Waals surface area (Å²) in [6.07, 6.45) is 5.67. The summed E-state index contributed by atoms with van der Waals surface area (Å²) in [4.78, 5) is 0. The van der Waals surface area contributed by atoms with Crippen LogP contribution in [-0.4, -0.2) is 6.04 Å². The molecule has 0 amide bonds. The Morgan fingerprint density at radius 1 is 0.909 bits per heavy atom. The van der Waals surface area contributed by atoms with Crippen molar-refractivity contribution in [3.05, 3.63) is 72.8 Å². The smallest absolute Gasteiger partial charge is 0.0314 e. The molecule has 116 valence electrons. The molecule has 2 heteroatoms. The van der Waals surface area contributed by atoms with Crippen LogP contribution in [0.15, 0.2) is 72.8 Å². The van der Waals surface area contributed by atoms with Gasteiger partial charge in [0.2, 0.25) is 0 Å². The Kier molecular flexibility index (Phi) is 6.83. The van der Waals surface area contributed by atoms with Gasteiger partial charge in [0.05, 0.1) is 0 Å². The Balaban J connectivity index is 2.30. The van der Waals surface area contributed by atoms with E-state index in [1.165, 1.54) is 10.6 Å². The van der Waals surface area contributed by atoms with Gasteiger partial charge >= 0.3 is 0 Å². The molecule has 1 N–H and O–H groups in total. The first kappa shape index (κ1) is 16.9. The van der Waals surface area contributed by atoms with E-state index in [4.69, 9.17) is 0 Å². The third kappa shape index (κ3) is 4.80. The maximum Gasteiger partial charge on any atom is 0.0314 e. The van der Waals surface area contributed by atoms with Crippen molar-refractivity contribution in [1.82, 2.24) is 5.09 Å². The monoisotopic (exact) mass is 311 g/mol. The van der Waals surface area contributed by atoms with Crippen LogP contribution in [0, 0.1) is 5.92 Å². The van der Waals surface area contributed by atoms with Gasteiger partial charge in [0.15, 0.2) is 0 Å². The van der Waals surface area contributed by atoms with Crippen LogP contribution in [0.2, 0.25) is 0 Å². The Morgan fingerprint density at radius 2 is 1.41 bits per heavy atom. The van der Waals surface area contributed by atoms with Crippen molar-refractivity contribution < 1.29 is 0 Å². The molecule has 0 aliphatic rings. The molecule has 0 fully saturated rings. The first-order valence-electron chi connectivity index (χ1n) is 8.05. The molecule has 22 heavy (non-hydrogen) atoms. The van der Waals surface area contributed by atoms with Crippen LogP contribution in [0.1, 0.15) is 27.2 Å². The number of rotatable bonds is 7. The fourth-order valence-corrected chi connectivity index (χ4v) is 4.52. The minimum atomic E-state index is -0.541. The number of hydrogen-bond donors (Lipinski definition) is 1. The van der Waals surface area contributed by atoms with Crippen molar-refractivity contribution in [1.29, 1.82) is 0 Å². The van der Waals surface area contributed by atoms with Crippen molar-refractivity contribution in [2.45, 2.75) is 33.2 Å². The van der Waals surface area contributed by atoms with Gasteiger partial charge in [-0.1, -0.05) is 93.6 Å². The molecule has 0 heterocycles. The summed E-state index contributed by atoms with van der Waals surface area (Å²) in [5, 5.41) is 6.65. The number of nitrogens with one attached hydrogen (secondary N) is 1. The highest BCUT2D eigenvalue weighted by molar-refractivity contribution is 7.71. The zero-order valence-electron chi connectivity index (χ0n) is 13.7. The largest absolute Gasteiger partial charge is 0.282 e. The molecule has 2 aromatic carbocycles. The van der Waals surface area contributed by atoms with E-state index in [0.717, 1.165) is 6.42 Å². The minimum Gasteiger partial charge on any atom is -0.282 e. The quantitative estimate of drug-likeness (QED) is 0.581. The van der Waals surface area contributed by atoms with E-state index in [1.54, 1.807) is 0 Å². The maximum absolute atomic E-state index is 3.90. The fraction of sp³-hybridized carbons (Fsp3) is 0.300. The molecule has 0 aromatic heterocycles. The van der Waals surface area contributed by atoms with Gasteiger partial charge in [-0.3, -0.25) is 5.09 Å². The molecule has 1 nitrogen and oxygen atoms in total. The molecule has 0 saturated heterocycles. The van der Waals surface area contributed by atoms with Gasteiger partial charge in [-0.05, 0) is 22.9 Å². The summed E-state index contributed by atoms with van der Waals surface area (Å²) in [7, 11) is -0.541. The highest BCUT2D eigenvalue weighted by atomic mass is 31.1. The first-order chi connectivity index (χ1) is 10.7. The predicted octanol–water partition coefficient (Wildman–Crippen LogP) is 4.61. The summed E-state index contributed by atoms with van der Waals surface area (Å²) < 4.78 is 0. The van der Waals surface area contributed by atoms with Crippen molar-refractivity contribution >= 4 is 18.7 Å². The third-order valence-corrected chi connectivity index (χ3v) is 5.79. The molecular weight excluding hydrogens is 285 g/mol. The SMILES string of the molecule is CC/C=C/[C@@H](NP(c1ccccc1)c1ccccc1)C(C)C. The molecule has 0 radical (unpaired) electrons. The zero-order chi connectivity index (χ0) is 15.8. The molecule has 0 unspecified atom stereocenters. The lowest BCUT2D eigenvalue weighted by Crippen LogP contribution is -2.34. The highest BCUT2D eigenvalue weighted by Gasteiger charge is 2.19. The number of hydrogen-bond acceptors (Lipinski definition) is 1. The van der Waals surface area contributed by atoms with E-state index in [9.17, 15) is 0 Å². The van der Waals surface area contributed by atoms with Crippen LogP contribution in [0.4, 0.5) is 0 Å². The predicted molar refractivity (Wildman–Crippen MR) is 100 cm³/mol. The van der Waals surface area contributed by atoms with Gasteiger partial charge in [0, 0.05) is 14.1 Å². The Morgan fingerprint density at radius 3 is 1.82 bits per heavy atom. The molecule has 0 aliphatic heterocycles. The molecule has 0 saturated carbocycles. The first-order valence-corrected chi connectivity index (χ1v) is 9.39. The standard InChI is InChI=1S/C20H26NP/c1-4-5-16-20(17(2)3)21-22(18-12-8-6-9-13-18)19-14-10-7-11-15-19/h5-17,20-21H,4H2,1-3H3/b16-5+/t20-/m1/s1. The average molecular weight is 311 g/mol. The normalized spacial score (nSPS) is 13.1. The maximum atomic E-state index is 3.90. The van der Waals surface area contributed by atoms with Gasteiger partial charge in [0.25, 0.3) is 0 Å². The summed E-state index contributed by atoms with van der Waals surface area (Å²) in [5.74, 6) is 0.570. The zero-order valence-corrected chi connectivity index (χ0v) is 14.6. The van der Waals surface area contributed by atoms with Crippen molar-refractivity contribution in [2.24, 2.45) is 5.92 Å². The van der Waals surface area contributed by atoms with E-state index in [1.807, 2.05) is 0 Å². The third-order valence-electron chi connectivity index (χ3n) is 3.60. The Hall–Kier alpha value is -1.43. The van der Waals surface area contributed by atoms with Gasteiger partial charge in [-0.25, -0.2) is 0 Å². The molecular formula is C20H26NP. The van der Waals surface area contributed by atoms with Crippen molar-refractivity contribution in [2.75, 3.05) is 0 Å². The molecule has 2 aromatic rings. The van der Waals surface area contributed by atoms with Gasteiger partial charge < -0.3 is 0 Å². The van der Waals surface area contributed by atoms with Crippen molar-refractivity contribution in [3.63, 3.8) is 0 Å². The lowest BCUT2D eigenvalue weighted by Gasteiger charge is -2.27. The van der Waals surface area contributed by atoms with Gasteiger partial charge in [-0.2, -0.15) is 0 Å². The topological polar surface area (TPSA) is 12.0 Å². The lowest BCUT2D eigenvalue weighted by molar-refractivity contribution is 0.540. The second-order valence-corrected chi connectivity index (χ2v) is 7.70. The lowest BCUT2D eigenvalue weighted by atomic mass is 10.1. The van der Waals surface area contributed by atoms with E-state index < -0.39 is 8.07 Å².